The van der Waals surface area contributed by atoms with Crippen LogP contribution in [0, 0.1) is 18.8 Å². The van der Waals surface area contributed by atoms with Gasteiger partial charge in [-0.15, -0.1) is 0 Å². The van der Waals surface area contributed by atoms with Crippen LogP contribution in [0.15, 0.2) is 12.3 Å². The molecule has 0 bridgehead atoms. The van der Waals surface area contributed by atoms with Gasteiger partial charge in [0.1, 0.15) is 0 Å². The number of aryl methyl sites for hydroxylation is 1. The Labute approximate surface area is 109 Å². The molecule has 0 atom stereocenters. The summed E-state index contributed by atoms with van der Waals surface area (Å²) in [5.41, 5.74) is 9.49. The fraction of sp³-hybridized carbons (Fsp3) is 0.667. The number of rotatable bonds is 6. The molecule has 98 valence electrons. The molecule has 0 aliphatic heterocycles. The first-order valence-electron chi connectivity index (χ1n) is 7.17. The minimum absolute atomic E-state index is 0.592. The maximum Gasteiger partial charge on any atom is 0.0445 e. The molecule has 0 unspecified atom stereocenters. The molecule has 2 aliphatic carbocycles. The third-order valence-corrected chi connectivity index (χ3v) is 4.01. The second-order valence-corrected chi connectivity index (χ2v) is 5.95. The topological polar surface area (TPSA) is 42.1 Å². The molecule has 2 fully saturated rings. The lowest BCUT2D eigenvalue weighted by Gasteiger charge is -2.27. The van der Waals surface area contributed by atoms with Crippen LogP contribution in [-0.2, 0) is 6.54 Å². The lowest BCUT2D eigenvalue weighted by Crippen LogP contribution is -2.29. The highest BCUT2D eigenvalue weighted by molar-refractivity contribution is 5.54. The van der Waals surface area contributed by atoms with E-state index in [2.05, 4.69) is 22.9 Å². The lowest BCUT2D eigenvalue weighted by molar-refractivity contribution is 0.675. The average molecular weight is 245 g/mol. The van der Waals surface area contributed by atoms with E-state index in [1.54, 1.807) is 0 Å². The first-order valence-corrected chi connectivity index (χ1v) is 7.17. The molecule has 0 radical (unpaired) electrons. The second kappa shape index (κ2) is 4.88. The van der Waals surface area contributed by atoms with Crippen molar-refractivity contribution in [3.05, 3.63) is 23.5 Å². The summed E-state index contributed by atoms with van der Waals surface area (Å²) in [5, 5.41) is 0. The third kappa shape index (κ3) is 2.83. The Balaban J connectivity index is 1.83. The van der Waals surface area contributed by atoms with Crippen molar-refractivity contribution in [2.75, 3.05) is 18.0 Å². The Morgan fingerprint density at radius 3 is 2.33 bits per heavy atom. The first kappa shape index (κ1) is 12.0. The van der Waals surface area contributed by atoms with Crippen LogP contribution in [0.1, 0.15) is 36.9 Å². The van der Waals surface area contributed by atoms with E-state index in [1.807, 2.05) is 6.20 Å². The van der Waals surface area contributed by atoms with E-state index in [0.717, 1.165) is 17.5 Å². The van der Waals surface area contributed by atoms with Gasteiger partial charge in [-0.25, -0.2) is 0 Å². The minimum Gasteiger partial charge on any atom is -0.371 e. The van der Waals surface area contributed by atoms with Crippen LogP contribution in [0.4, 0.5) is 5.69 Å². The minimum atomic E-state index is 0.592. The van der Waals surface area contributed by atoms with Gasteiger partial charge in [0, 0.05) is 42.8 Å². The van der Waals surface area contributed by atoms with E-state index in [-0.39, 0.29) is 0 Å². The van der Waals surface area contributed by atoms with E-state index in [4.69, 9.17) is 5.73 Å². The Bertz CT molecular complexity index is 408. The number of pyridine rings is 1. The summed E-state index contributed by atoms with van der Waals surface area (Å²) < 4.78 is 0. The van der Waals surface area contributed by atoms with Gasteiger partial charge < -0.3 is 10.6 Å². The predicted molar refractivity (Wildman–Crippen MR) is 74.5 cm³/mol. The van der Waals surface area contributed by atoms with Crippen molar-refractivity contribution in [3.8, 4) is 0 Å². The van der Waals surface area contributed by atoms with Crippen LogP contribution < -0.4 is 10.6 Å². The zero-order chi connectivity index (χ0) is 12.5. The Hall–Kier alpha value is -1.09. The Kier molecular flexibility index (Phi) is 3.25. The van der Waals surface area contributed by atoms with Crippen molar-refractivity contribution in [1.29, 1.82) is 0 Å². The van der Waals surface area contributed by atoms with E-state index in [1.165, 1.54) is 50.0 Å². The number of nitrogens with zero attached hydrogens (tertiary/aromatic N) is 2. The molecule has 1 heterocycles. The summed E-state index contributed by atoms with van der Waals surface area (Å²) in [7, 11) is 0. The largest absolute Gasteiger partial charge is 0.371 e. The van der Waals surface area contributed by atoms with Crippen molar-refractivity contribution < 1.29 is 0 Å². The molecule has 0 saturated heterocycles. The first-order chi connectivity index (χ1) is 8.76. The van der Waals surface area contributed by atoms with Gasteiger partial charge in [0.2, 0.25) is 0 Å². The van der Waals surface area contributed by atoms with Crippen molar-refractivity contribution in [2.45, 2.75) is 39.2 Å². The highest BCUT2D eigenvalue weighted by Gasteiger charge is 2.30. The molecule has 2 N–H and O–H groups in total. The van der Waals surface area contributed by atoms with Crippen LogP contribution in [0.25, 0.3) is 0 Å². The van der Waals surface area contributed by atoms with E-state index >= 15 is 0 Å². The van der Waals surface area contributed by atoms with Gasteiger partial charge in [0.05, 0.1) is 0 Å². The zero-order valence-corrected chi connectivity index (χ0v) is 11.2. The summed E-state index contributed by atoms with van der Waals surface area (Å²) in [4.78, 5) is 6.95. The molecule has 1 aromatic rings. The van der Waals surface area contributed by atoms with Gasteiger partial charge in [0.25, 0.3) is 0 Å². The van der Waals surface area contributed by atoms with Crippen molar-refractivity contribution in [2.24, 2.45) is 17.6 Å². The number of nitrogens with two attached hydrogens (primary N) is 1. The molecular weight excluding hydrogens is 222 g/mol. The molecule has 0 spiro atoms. The molecule has 0 aromatic carbocycles. The van der Waals surface area contributed by atoms with Crippen LogP contribution in [0.2, 0.25) is 0 Å². The smallest absolute Gasteiger partial charge is 0.0445 e. The normalized spacial score (nSPS) is 19.0. The zero-order valence-electron chi connectivity index (χ0n) is 11.2. The number of hydrogen-bond donors (Lipinski definition) is 1. The standard InChI is InChI=1S/C15H23N3/c1-11-6-15(14(7-16)8-17-11)18(9-12-2-3-12)10-13-4-5-13/h6,8,12-13H,2-5,7,9-10,16H2,1H3. The van der Waals surface area contributed by atoms with Gasteiger partial charge in [0.15, 0.2) is 0 Å². The summed E-state index contributed by atoms with van der Waals surface area (Å²) in [5.74, 6) is 1.84. The predicted octanol–water partition coefficient (Wildman–Crippen LogP) is 2.48. The molecule has 3 nitrogen and oxygen atoms in total. The van der Waals surface area contributed by atoms with Crippen molar-refractivity contribution in [3.63, 3.8) is 0 Å². The molecule has 2 saturated carbocycles. The summed E-state index contributed by atoms with van der Waals surface area (Å²) in [6.45, 7) is 5.09. The number of anilines is 1. The fourth-order valence-corrected chi connectivity index (χ4v) is 2.52. The van der Waals surface area contributed by atoms with E-state index in [0.29, 0.717) is 6.54 Å². The summed E-state index contributed by atoms with van der Waals surface area (Å²) in [6.07, 6.45) is 7.58. The SMILES string of the molecule is Cc1cc(N(CC2CC2)CC2CC2)c(CN)cn1. The molecule has 3 rings (SSSR count). The van der Waals surface area contributed by atoms with Crippen molar-refractivity contribution >= 4 is 5.69 Å². The van der Waals surface area contributed by atoms with Crippen LogP contribution in [-0.4, -0.2) is 18.1 Å². The third-order valence-electron chi connectivity index (χ3n) is 4.01. The van der Waals surface area contributed by atoms with Crippen LogP contribution in [0.5, 0.6) is 0 Å². The van der Waals surface area contributed by atoms with Crippen molar-refractivity contribution in [1.82, 2.24) is 4.98 Å². The molecule has 18 heavy (non-hydrogen) atoms. The average Bonchev–Trinajstić information content (AvgIpc) is 3.23. The highest BCUT2D eigenvalue weighted by Crippen LogP contribution is 2.36. The molecule has 0 amide bonds. The van der Waals surface area contributed by atoms with Gasteiger partial charge in [-0.2, -0.15) is 0 Å². The lowest BCUT2D eigenvalue weighted by atomic mass is 10.1. The monoisotopic (exact) mass is 245 g/mol. The number of hydrogen-bond acceptors (Lipinski definition) is 3. The number of aromatic nitrogens is 1. The molecular formula is C15H23N3. The molecule has 2 aliphatic rings. The van der Waals surface area contributed by atoms with E-state index < -0.39 is 0 Å². The maximum absolute atomic E-state index is 5.86. The van der Waals surface area contributed by atoms with Gasteiger partial charge in [-0.3, -0.25) is 4.98 Å². The Morgan fingerprint density at radius 1 is 1.22 bits per heavy atom. The van der Waals surface area contributed by atoms with Gasteiger partial charge in [-0.05, 0) is 50.5 Å². The highest BCUT2D eigenvalue weighted by atomic mass is 15.1. The Morgan fingerprint density at radius 2 is 1.83 bits per heavy atom. The second-order valence-electron chi connectivity index (χ2n) is 5.95. The maximum atomic E-state index is 5.86. The van der Waals surface area contributed by atoms with Gasteiger partial charge >= 0.3 is 0 Å². The van der Waals surface area contributed by atoms with Gasteiger partial charge in [-0.1, -0.05) is 0 Å². The van der Waals surface area contributed by atoms with Crippen LogP contribution in [0.3, 0.4) is 0 Å². The summed E-state index contributed by atoms with van der Waals surface area (Å²) in [6, 6.07) is 2.22. The fourth-order valence-electron chi connectivity index (χ4n) is 2.52. The molecule has 1 aromatic heterocycles. The summed E-state index contributed by atoms with van der Waals surface area (Å²) >= 11 is 0. The van der Waals surface area contributed by atoms with E-state index in [9.17, 15) is 0 Å². The van der Waals surface area contributed by atoms with Crippen LogP contribution >= 0.6 is 0 Å². The molecule has 3 heteroatoms. The quantitative estimate of drug-likeness (QED) is 0.837.